The van der Waals surface area contributed by atoms with E-state index in [1.54, 1.807) is 12.1 Å². The Balaban J connectivity index is 1.93. The Hall–Kier alpha value is -2.33. The van der Waals surface area contributed by atoms with Crippen LogP contribution < -0.4 is 5.32 Å². The van der Waals surface area contributed by atoms with Crippen LogP contribution in [0.5, 0.6) is 0 Å². The third-order valence-corrected chi connectivity index (χ3v) is 4.85. The molecule has 0 fully saturated rings. The summed E-state index contributed by atoms with van der Waals surface area (Å²) in [5.41, 5.74) is 4.84. The lowest BCUT2D eigenvalue weighted by Crippen LogP contribution is -2.08. The lowest BCUT2D eigenvalue weighted by Gasteiger charge is -2.11. The number of aromatic nitrogens is 2. The highest BCUT2D eigenvalue weighted by atomic mass is 35.5. The van der Waals surface area contributed by atoms with Gasteiger partial charge in [0, 0.05) is 22.7 Å². The fraction of sp³-hybridized carbons (Fsp3) is 0.250. The zero-order chi connectivity index (χ0) is 17.4. The van der Waals surface area contributed by atoms with Gasteiger partial charge in [0.2, 0.25) is 0 Å². The van der Waals surface area contributed by atoms with Crippen molar-refractivity contribution in [3.63, 3.8) is 0 Å². The van der Waals surface area contributed by atoms with Crippen LogP contribution in [-0.2, 0) is 6.42 Å². The summed E-state index contributed by atoms with van der Waals surface area (Å²) < 4.78 is 15.7. The second kappa shape index (κ2) is 6.52. The number of hydrogen-bond acceptors (Lipinski definition) is 2. The molecule has 1 aromatic heterocycles. The van der Waals surface area contributed by atoms with Crippen LogP contribution in [0.2, 0.25) is 5.02 Å². The minimum atomic E-state index is -0.245. The predicted octanol–water partition coefficient (Wildman–Crippen LogP) is 5.39. The van der Waals surface area contributed by atoms with E-state index in [1.807, 2.05) is 35.9 Å². The zero-order valence-electron chi connectivity index (χ0n) is 14.0. The molecule has 0 aliphatic carbocycles. The van der Waals surface area contributed by atoms with Crippen molar-refractivity contribution >= 4 is 17.4 Å². The predicted molar refractivity (Wildman–Crippen MR) is 100 cm³/mol. The topological polar surface area (TPSA) is 29.9 Å². The molecular weight excluding hydrogens is 337 g/mol. The fourth-order valence-electron chi connectivity index (χ4n) is 3.40. The van der Waals surface area contributed by atoms with E-state index in [4.69, 9.17) is 16.7 Å². The summed E-state index contributed by atoms with van der Waals surface area (Å²) in [6.45, 7) is 2.93. The number of benzene rings is 2. The lowest BCUT2D eigenvalue weighted by molar-refractivity contribution is 0.628. The Morgan fingerprint density at radius 1 is 1.16 bits per heavy atom. The molecule has 2 aromatic carbocycles. The van der Waals surface area contributed by atoms with Gasteiger partial charge in [-0.3, -0.25) is 0 Å². The molecule has 2 heterocycles. The number of fused-ring (bicyclic) bond motifs is 1. The van der Waals surface area contributed by atoms with Gasteiger partial charge in [-0.25, -0.2) is 9.07 Å². The quantitative estimate of drug-likeness (QED) is 0.668. The molecule has 25 heavy (non-hydrogen) atoms. The summed E-state index contributed by atoms with van der Waals surface area (Å²) in [4.78, 5) is 0. The highest BCUT2D eigenvalue weighted by Gasteiger charge is 2.22. The summed E-state index contributed by atoms with van der Waals surface area (Å²) in [6, 6.07) is 12.4. The van der Waals surface area contributed by atoms with Crippen molar-refractivity contribution in [1.82, 2.24) is 9.78 Å². The zero-order valence-corrected chi connectivity index (χ0v) is 14.8. The Bertz CT molecular complexity index is 933. The first-order valence-electron chi connectivity index (χ1n) is 8.52. The van der Waals surface area contributed by atoms with Crippen LogP contribution in [0, 0.1) is 12.7 Å². The summed E-state index contributed by atoms with van der Waals surface area (Å²) in [6.07, 6.45) is 3.13. The maximum atomic E-state index is 13.7. The molecular formula is C20H19ClFN3. The van der Waals surface area contributed by atoms with Crippen molar-refractivity contribution in [2.24, 2.45) is 0 Å². The average molecular weight is 356 g/mol. The van der Waals surface area contributed by atoms with Gasteiger partial charge in [0.15, 0.2) is 0 Å². The van der Waals surface area contributed by atoms with Crippen LogP contribution >= 0.6 is 11.6 Å². The van der Waals surface area contributed by atoms with E-state index in [0.717, 1.165) is 59.7 Å². The Morgan fingerprint density at radius 2 is 2.04 bits per heavy atom. The van der Waals surface area contributed by atoms with Crippen LogP contribution in [0.25, 0.3) is 16.9 Å². The molecule has 0 atom stereocenters. The second-order valence-corrected chi connectivity index (χ2v) is 6.85. The molecule has 128 valence electrons. The van der Waals surface area contributed by atoms with Crippen LogP contribution in [-0.4, -0.2) is 16.3 Å². The summed E-state index contributed by atoms with van der Waals surface area (Å²) in [7, 11) is 0. The number of nitrogens with one attached hydrogen (secondary N) is 1. The number of hydrogen-bond donors (Lipinski definition) is 1. The lowest BCUT2D eigenvalue weighted by atomic mass is 10.0. The Morgan fingerprint density at radius 3 is 2.84 bits per heavy atom. The van der Waals surface area contributed by atoms with Gasteiger partial charge in [0.1, 0.15) is 11.6 Å². The van der Waals surface area contributed by atoms with Gasteiger partial charge in [0.25, 0.3) is 0 Å². The van der Waals surface area contributed by atoms with Gasteiger partial charge in [-0.2, -0.15) is 5.10 Å². The van der Waals surface area contributed by atoms with E-state index in [-0.39, 0.29) is 5.82 Å². The highest BCUT2D eigenvalue weighted by Crippen LogP contribution is 2.35. The van der Waals surface area contributed by atoms with E-state index in [0.29, 0.717) is 5.02 Å². The summed E-state index contributed by atoms with van der Waals surface area (Å²) in [5, 5.41) is 9.07. The number of nitrogens with zero attached hydrogens (tertiary/aromatic N) is 2. The van der Waals surface area contributed by atoms with Crippen molar-refractivity contribution < 1.29 is 4.39 Å². The van der Waals surface area contributed by atoms with E-state index < -0.39 is 0 Å². The highest BCUT2D eigenvalue weighted by molar-refractivity contribution is 6.30. The van der Waals surface area contributed by atoms with Crippen molar-refractivity contribution in [3.8, 4) is 16.9 Å². The van der Waals surface area contributed by atoms with Crippen LogP contribution in [0.3, 0.4) is 0 Å². The largest absolute Gasteiger partial charge is 0.370 e. The van der Waals surface area contributed by atoms with Crippen molar-refractivity contribution in [2.45, 2.75) is 26.2 Å². The first-order chi connectivity index (χ1) is 12.1. The molecule has 0 amide bonds. The van der Waals surface area contributed by atoms with E-state index >= 15 is 0 Å². The second-order valence-electron chi connectivity index (χ2n) is 6.41. The molecule has 0 radical (unpaired) electrons. The number of halogens is 2. The first-order valence-corrected chi connectivity index (χ1v) is 8.89. The molecule has 4 rings (SSSR count). The van der Waals surface area contributed by atoms with Crippen molar-refractivity contribution in [1.29, 1.82) is 0 Å². The monoisotopic (exact) mass is 355 g/mol. The molecule has 3 aromatic rings. The summed E-state index contributed by atoms with van der Waals surface area (Å²) in [5.74, 6) is 0.757. The maximum Gasteiger partial charge on any atom is 0.133 e. The van der Waals surface area contributed by atoms with E-state index in [9.17, 15) is 4.39 Å². The Labute approximate surface area is 151 Å². The number of anilines is 1. The third kappa shape index (κ3) is 3.02. The fourth-order valence-corrected chi connectivity index (χ4v) is 3.63. The molecule has 0 saturated heterocycles. The average Bonchev–Trinajstić information content (AvgIpc) is 2.77. The molecule has 1 N–H and O–H groups in total. The molecule has 3 nitrogen and oxygen atoms in total. The van der Waals surface area contributed by atoms with Crippen molar-refractivity contribution in [3.05, 3.63) is 64.4 Å². The van der Waals surface area contributed by atoms with Gasteiger partial charge in [-0.15, -0.1) is 0 Å². The SMILES string of the molecule is Cc1cc(Cl)ccc1-n1nc(-c2cccc(F)c2)c2c1NCCCC2. The molecule has 5 heteroatoms. The summed E-state index contributed by atoms with van der Waals surface area (Å²) >= 11 is 6.11. The molecule has 1 aliphatic rings. The van der Waals surface area contributed by atoms with E-state index in [2.05, 4.69) is 5.32 Å². The molecule has 0 bridgehead atoms. The number of aryl methyl sites for hydroxylation is 1. The maximum absolute atomic E-state index is 13.7. The molecule has 0 saturated carbocycles. The van der Waals surface area contributed by atoms with Crippen LogP contribution in [0.4, 0.5) is 10.2 Å². The van der Waals surface area contributed by atoms with Gasteiger partial charge in [0.05, 0.1) is 11.4 Å². The Kier molecular flexibility index (Phi) is 4.22. The van der Waals surface area contributed by atoms with Gasteiger partial charge >= 0.3 is 0 Å². The smallest absolute Gasteiger partial charge is 0.133 e. The molecule has 1 aliphatic heterocycles. The number of rotatable bonds is 2. The third-order valence-electron chi connectivity index (χ3n) is 4.61. The van der Waals surface area contributed by atoms with E-state index in [1.165, 1.54) is 6.07 Å². The standard InChI is InChI=1S/C20H19ClFN3/c1-13-11-15(21)8-9-18(13)25-20-17(7-2-3-10-23-20)19(24-25)14-5-4-6-16(22)12-14/h4-6,8-9,11-12,23H,2-3,7,10H2,1H3. The molecule has 0 unspecified atom stereocenters. The minimum Gasteiger partial charge on any atom is -0.370 e. The van der Waals surface area contributed by atoms with Gasteiger partial charge < -0.3 is 5.32 Å². The van der Waals surface area contributed by atoms with Gasteiger partial charge in [-0.1, -0.05) is 23.7 Å². The normalized spacial score (nSPS) is 13.9. The van der Waals surface area contributed by atoms with Gasteiger partial charge in [-0.05, 0) is 62.1 Å². The van der Waals surface area contributed by atoms with Crippen LogP contribution in [0.15, 0.2) is 42.5 Å². The molecule has 0 spiro atoms. The van der Waals surface area contributed by atoms with Crippen molar-refractivity contribution in [2.75, 3.05) is 11.9 Å². The first kappa shape index (κ1) is 16.2. The minimum absolute atomic E-state index is 0.245. The van der Waals surface area contributed by atoms with Crippen LogP contribution in [0.1, 0.15) is 24.0 Å².